The Morgan fingerprint density at radius 2 is 1.77 bits per heavy atom. The van der Waals surface area contributed by atoms with Crippen molar-refractivity contribution >= 4 is 28.1 Å². The van der Waals surface area contributed by atoms with Crippen molar-refractivity contribution in [3.05, 3.63) is 88.0 Å². The predicted molar refractivity (Wildman–Crippen MR) is 160 cm³/mol. The molecule has 228 valence electrons. The first-order valence-corrected chi connectivity index (χ1v) is 14.0. The smallest absolute Gasteiger partial charge is 0.360 e. The standard InChI is InChI=1S/C33H37NO9/c1-18-23(41-30-26(36)25(35)28(40-6)32(2,3)43-30)13-12-20-16-22(29(37)42-27(18)20)34-31(38)33(4)15-14-24(39-5)21(17-33)19-10-8-7-9-11-19/h7-16,25-26,28,30,35-36H,17H2,1-6H3,(H,34,38)/t25-,26+,28+,30+,33?/m0/s1. The molecule has 1 aromatic heterocycles. The van der Waals surface area contributed by atoms with Crippen LogP contribution in [0, 0.1) is 12.3 Å². The summed E-state index contributed by atoms with van der Waals surface area (Å²) in [7, 11) is 3.02. The van der Waals surface area contributed by atoms with E-state index in [-0.39, 0.29) is 17.2 Å². The maximum absolute atomic E-state index is 13.6. The molecule has 5 atom stereocenters. The number of amides is 1. The summed E-state index contributed by atoms with van der Waals surface area (Å²) >= 11 is 0. The Kier molecular flexibility index (Phi) is 8.24. The molecule has 0 radical (unpaired) electrons. The molecule has 1 saturated heterocycles. The van der Waals surface area contributed by atoms with E-state index in [1.54, 1.807) is 65.2 Å². The van der Waals surface area contributed by atoms with Gasteiger partial charge in [0.15, 0.2) is 0 Å². The van der Waals surface area contributed by atoms with Gasteiger partial charge in [-0.2, -0.15) is 0 Å². The number of rotatable bonds is 7. The van der Waals surface area contributed by atoms with Gasteiger partial charge >= 0.3 is 5.63 Å². The van der Waals surface area contributed by atoms with Gasteiger partial charge in [0.1, 0.15) is 41.1 Å². The number of nitrogens with one attached hydrogen (secondary N) is 1. The summed E-state index contributed by atoms with van der Waals surface area (Å²) in [5, 5.41) is 24.5. The van der Waals surface area contributed by atoms with Crippen LogP contribution in [0.1, 0.15) is 38.3 Å². The lowest BCUT2D eigenvalue weighted by Gasteiger charge is -2.46. The number of carbonyl (C=O) groups is 1. The first kappa shape index (κ1) is 30.5. The van der Waals surface area contributed by atoms with Crippen LogP contribution in [-0.2, 0) is 19.0 Å². The Balaban J connectivity index is 1.37. The number of aliphatic hydroxyl groups is 2. The van der Waals surface area contributed by atoms with E-state index >= 15 is 0 Å². The van der Waals surface area contributed by atoms with Crippen LogP contribution in [0.15, 0.2) is 75.7 Å². The van der Waals surface area contributed by atoms with E-state index in [0.717, 1.165) is 11.1 Å². The molecular weight excluding hydrogens is 554 g/mol. The topological polar surface area (TPSA) is 137 Å². The van der Waals surface area contributed by atoms with E-state index in [9.17, 15) is 19.8 Å². The van der Waals surface area contributed by atoms with Gasteiger partial charge in [-0.3, -0.25) is 4.79 Å². The predicted octanol–water partition coefficient (Wildman–Crippen LogP) is 4.31. The van der Waals surface area contributed by atoms with Crippen LogP contribution < -0.4 is 15.7 Å². The van der Waals surface area contributed by atoms with Crippen molar-refractivity contribution in [2.24, 2.45) is 5.41 Å². The Bertz CT molecular complexity index is 1640. The molecule has 0 spiro atoms. The third-order valence-electron chi connectivity index (χ3n) is 8.20. The fraction of sp³-hybridized carbons (Fsp3) is 0.394. The van der Waals surface area contributed by atoms with Gasteiger partial charge in [-0.1, -0.05) is 36.4 Å². The van der Waals surface area contributed by atoms with Gasteiger partial charge < -0.3 is 38.9 Å². The van der Waals surface area contributed by atoms with E-state index < -0.39 is 41.2 Å². The van der Waals surface area contributed by atoms with Gasteiger partial charge in [-0.05, 0) is 64.0 Å². The number of methoxy groups -OCH3 is 2. The highest BCUT2D eigenvalue weighted by Gasteiger charge is 2.50. The SMILES string of the molecule is COC1=C(c2ccccc2)CC(C)(C(=O)Nc2cc3ccc(O[C@@H]4OC(C)(C)[C@H](OC)[C@@H](O)[C@H]4O)c(C)c3oc2=O)C=C1. The monoisotopic (exact) mass is 591 g/mol. The quantitative estimate of drug-likeness (QED) is 0.343. The van der Waals surface area contributed by atoms with Crippen molar-refractivity contribution in [2.75, 3.05) is 19.5 Å². The summed E-state index contributed by atoms with van der Waals surface area (Å²) in [5.41, 5.74) is -0.0567. The summed E-state index contributed by atoms with van der Waals surface area (Å²) in [6, 6.07) is 14.6. The molecule has 0 saturated carbocycles. The largest absolute Gasteiger partial charge is 0.496 e. The highest BCUT2D eigenvalue weighted by molar-refractivity contribution is 5.99. The molecule has 1 fully saturated rings. The molecule has 10 nitrogen and oxygen atoms in total. The van der Waals surface area contributed by atoms with Crippen molar-refractivity contribution in [3.8, 4) is 5.75 Å². The average Bonchev–Trinajstić information content (AvgIpc) is 2.98. The molecule has 3 N–H and O–H groups in total. The molecule has 2 heterocycles. The summed E-state index contributed by atoms with van der Waals surface area (Å²) in [6.07, 6.45) is -0.667. The number of fused-ring (bicyclic) bond motifs is 1. The molecule has 3 aromatic rings. The van der Waals surface area contributed by atoms with Crippen molar-refractivity contribution in [3.63, 3.8) is 0 Å². The molecular formula is C33H37NO9. The van der Waals surface area contributed by atoms with E-state index in [1.165, 1.54) is 7.11 Å². The van der Waals surface area contributed by atoms with E-state index in [4.69, 9.17) is 23.4 Å². The van der Waals surface area contributed by atoms with E-state index in [1.807, 2.05) is 30.3 Å². The summed E-state index contributed by atoms with van der Waals surface area (Å²) < 4.78 is 28.4. The highest BCUT2D eigenvalue weighted by atomic mass is 16.7. The van der Waals surface area contributed by atoms with Crippen LogP contribution in [0.25, 0.3) is 16.5 Å². The summed E-state index contributed by atoms with van der Waals surface area (Å²) in [5.74, 6) is 0.608. The van der Waals surface area contributed by atoms with Crippen LogP contribution >= 0.6 is 0 Å². The van der Waals surface area contributed by atoms with Gasteiger partial charge in [0, 0.05) is 23.6 Å². The Morgan fingerprint density at radius 3 is 2.44 bits per heavy atom. The first-order chi connectivity index (χ1) is 20.4. The van der Waals surface area contributed by atoms with Crippen LogP contribution in [0.3, 0.4) is 0 Å². The summed E-state index contributed by atoms with van der Waals surface area (Å²) in [4.78, 5) is 26.6. The number of benzene rings is 2. The minimum absolute atomic E-state index is 0.00416. The summed E-state index contributed by atoms with van der Waals surface area (Å²) in [6.45, 7) is 6.97. The van der Waals surface area contributed by atoms with Crippen molar-refractivity contribution in [1.29, 1.82) is 0 Å². The van der Waals surface area contributed by atoms with E-state index in [0.29, 0.717) is 28.9 Å². The molecule has 1 amide bonds. The van der Waals surface area contributed by atoms with E-state index in [2.05, 4.69) is 5.32 Å². The number of aryl methyl sites for hydroxylation is 1. The van der Waals surface area contributed by atoms with Gasteiger partial charge in [0.05, 0.1) is 18.1 Å². The molecule has 5 rings (SSSR count). The fourth-order valence-corrected chi connectivity index (χ4v) is 5.72. The second-order valence-electron chi connectivity index (χ2n) is 11.7. The lowest BCUT2D eigenvalue weighted by Crippen LogP contribution is -2.63. The Hall–Kier alpha value is -3.96. The van der Waals surface area contributed by atoms with Gasteiger partial charge in [0.25, 0.3) is 0 Å². The molecule has 43 heavy (non-hydrogen) atoms. The number of ether oxygens (including phenoxy) is 4. The molecule has 2 aromatic carbocycles. The lowest BCUT2D eigenvalue weighted by atomic mass is 9.77. The molecule has 1 aliphatic carbocycles. The number of aliphatic hydroxyl groups excluding tert-OH is 2. The fourth-order valence-electron chi connectivity index (χ4n) is 5.72. The van der Waals surface area contributed by atoms with Gasteiger partial charge in [0.2, 0.25) is 12.2 Å². The number of anilines is 1. The van der Waals surface area contributed by atoms with Gasteiger partial charge in [-0.25, -0.2) is 4.79 Å². The van der Waals surface area contributed by atoms with Crippen LogP contribution in [0.5, 0.6) is 5.75 Å². The number of allylic oxidation sites excluding steroid dienone is 2. The minimum atomic E-state index is -1.38. The molecule has 1 aliphatic heterocycles. The zero-order chi connectivity index (χ0) is 31.1. The number of carbonyl (C=O) groups excluding carboxylic acids is 1. The third-order valence-corrected chi connectivity index (χ3v) is 8.20. The second kappa shape index (κ2) is 11.6. The highest BCUT2D eigenvalue weighted by Crippen LogP contribution is 2.40. The lowest BCUT2D eigenvalue weighted by molar-refractivity contribution is -0.306. The molecule has 10 heteroatoms. The third kappa shape index (κ3) is 5.71. The zero-order valence-corrected chi connectivity index (χ0v) is 25.0. The Morgan fingerprint density at radius 1 is 1.05 bits per heavy atom. The maximum atomic E-state index is 13.6. The number of hydrogen-bond donors (Lipinski definition) is 3. The van der Waals surface area contributed by atoms with Crippen LogP contribution in [0.2, 0.25) is 0 Å². The van der Waals surface area contributed by atoms with Crippen molar-refractivity contribution < 1.29 is 38.4 Å². The second-order valence-corrected chi connectivity index (χ2v) is 11.7. The van der Waals surface area contributed by atoms with Crippen molar-refractivity contribution in [1.82, 2.24) is 0 Å². The van der Waals surface area contributed by atoms with Gasteiger partial charge in [-0.15, -0.1) is 0 Å². The molecule has 0 bridgehead atoms. The average molecular weight is 592 g/mol. The number of hydrogen-bond acceptors (Lipinski definition) is 9. The van der Waals surface area contributed by atoms with Crippen molar-refractivity contribution in [2.45, 2.75) is 64.3 Å². The zero-order valence-electron chi connectivity index (χ0n) is 25.0. The molecule has 1 unspecified atom stereocenters. The van der Waals surface area contributed by atoms with Crippen LogP contribution in [-0.4, -0.2) is 60.5 Å². The maximum Gasteiger partial charge on any atom is 0.360 e. The minimum Gasteiger partial charge on any atom is -0.496 e. The first-order valence-electron chi connectivity index (χ1n) is 14.0. The van der Waals surface area contributed by atoms with Crippen LogP contribution in [0.4, 0.5) is 5.69 Å². The molecule has 2 aliphatic rings. The normalized spacial score (nSPS) is 26.8. The Labute approximate surface area is 249 Å².